The quantitative estimate of drug-likeness (QED) is 0.875. The van der Waals surface area contributed by atoms with Crippen molar-refractivity contribution in [1.82, 2.24) is 10.3 Å². The van der Waals surface area contributed by atoms with E-state index < -0.39 is 0 Å². The Labute approximate surface area is 132 Å². The number of anilines is 1. The maximum Gasteiger partial charge on any atom is 0.225 e. The lowest BCUT2D eigenvalue weighted by Crippen LogP contribution is -2.32. The molecular weight excluding hydrogens is 282 g/mol. The highest BCUT2D eigenvalue weighted by Crippen LogP contribution is 2.34. The molecule has 0 aliphatic heterocycles. The Bertz CT molecular complexity index is 474. The molecule has 5 heteroatoms. The molecule has 1 fully saturated rings. The van der Waals surface area contributed by atoms with Crippen LogP contribution in [0, 0.1) is 11.8 Å². The first-order valence-corrected chi connectivity index (χ1v) is 8.90. The number of thiazole rings is 1. The maximum absolute atomic E-state index is 11.5. The van der Waals surface area contributed by atoms with Crippen molar-refractivity contribution in [2.24, 2.45) is 11.8 Å². The van der Waals surface area contributed by atoms with Gasteiger partial charge in [0.1, 0.15) is 0 Å². The summed E-state index contributed by atoms with van der Waals surface area (Å²) in [5, 5.41) is 6.53. The summed E-state index contributed by atoms with van der Waals surface area (Å²) < 4.78 is 0. The van der Waals surface area contributed by atoms with Crippen LogP contribution in [0.25, 0.3) is 0 Å². The van der Waals surface area contributed by atoms with E-state index in [4.69, 9.17) is 0 Å². The second kappa shape index (κ2) is 7.36. The maximum atomic E-state index is 11.5. The lowest BCUT2D eigenvalue weighted by atomic mass is 9.93. The molecule has 118 valence electrons. The van der Waals surface area contributed by atoms with Crippen LogP contribution in [0.3, 0.4) is 0 Å². The largest absolute Gasteiger partial charge is 0.308 e. The minimum Gasteiger partial charge on any atom is -0.308 e. The molecule has 1 aromatic rings. The second-order valence-electron chi connectivity index (χ2n) is 5.98. The van der Waals surface area contributed by atoms with Gasteiger partial charge in [0.25, 0.3) is 0 Å². The predicted molar refractivity (Wildman–Crippen MR) is 88.6 cm³/mol. The molecule has 1 aromatic heterocycles. The zero-order chi connectivity index (χ0) is 15.4. The molecule has 1 aliphatic carbocycles. The summed E-state index contributed by atoms with van der Waals surface area (Å²) in [5.41, 5.74) is 1.04. The van der Waals surface area contributed by atoms with Crippen molar-refractivity contribution >= 4 is 22.4 Å². The summed E-state index contributed by atoms with van der Waals surface area (Å²) >= 11 is 1.55. The van der Waals surface area contributed by atoms with Gasteiger partial charge in [-0.05, 0) is 31.6 Å². The van der Waals surface area contributed by atoms with Crippen LogP contribution in [-0.2, 0) is 11.3 Å². The minimum atomic E-state index is 0.0570. The van der Waals surface area contributed by atoms with Crippen molar-refractivity contribution in [3.63, 3.8) is 0 Å². The topological polar surface area (TPSA) is 45.2 Å². The molecule has 4 nitrogen and oxygen atoms in total. The molecule has 0 saturated heterocycles. The van der Waals surface area contributed by atoms with Crippen molar-refractivity contribution < 1.29 is 4.79 Å². The van der Waals surface area contributed by atoms with Crippen molar-refractivity contribution in [2.45, 2.75) is 59.5 Å². The monoisotopic (exact) mass is 309 g/mol. The molecule has 1 N–H and O–H groups in total. The van der Waals surface area contributed by atoms with Gasteiger partial charge < -0.3 is 5.32 Å². The van der Waals surface area contributed by atoms with Gasteiger partial charge in [0.05, 0.1) is 5.69 Å². The van der Waals surface area contributed by atoms with E-state index in [1.165, 1.54) is 19.3 Å². The van der Waals surface area contributed by atoms with Gasteiger partial charge in [-0.2, -0.15) is 0 Å². The zero-order valence-electron chi connectivity index (χ0n) is 13.6. The lowest BCUT2D eigenvalue weighted by molar-refractivity contribution is -0.116. The van der Waals surface area contributed by atoms with E-state index in [1.807, 2.05) is 6.92 Å². The third-order valence-corrected chi connectivity index (χ3v) is 5.68. The van der Waals surface area contributed by atoms with Gasteiger partial charge in [0.15, 0.2) is 5.13 Å². The summed E-state index contributed by atoms with van der Waals surface area (Å²) in [6.45, 7) is 9.70. The molecule has 0 aromatic carbocycles. The first kappa shape index (κ1) is 16.4. The normalized spacial score (nSPS) is 25.2. The molecule has 0 radical (unpaired) electrons. The van der Waals surface area contributed by atoms with Crippen LogP contribution in [0.1, 0.15) is 52.7 Å². The van der Waals surface area contributed by atoms with Gasteiger partial charge in [-0.25, -0.2) is 4.98 Å². The van der Waals surface area contributed by atoms with Gasteiger partial charge in [-0.15, -0.1) is 11.3 Å². The summed E-state index contributed by atoms with van der Waals surface area (Å²) in [5.74, 6) is 1.67. The number of nitrogens with zero attached hydrogens (tertiary/aromatic N) is 2. The molecule has 1 saturated carbocycles. The van der Waals surface area contributed by atoms with Gasteiger partial charge >= 0.3 is 0 Å². The van der Waals surface area contributed by atoms with E-state index in [0.717, 1.165) is 29.2 Å². The molecule has 21 heavy (non-hydrogen) atoms. The predicted octanol–water partition coefficient (Wildman–Crippen LogP) is 3.43. The Morgan fingerprint density at radius 3 is 2.81 bits per heavy atom. The molecule has 1 heterocycles. The average Bonchev–Trinajstić information content (AvgIpc) is 3.04. The third-order valence-electron chi connectivity index (χ3n) is 4.76. The van der Waals surface area contributed by atoms with Gasteiger partial charge in [0.2, 0.25) is 5.91 Å². The van der Waals surface area contributed by atoms with Crippen LogP contribution in [-0.4, -0.2) is 23.5 Å². The Balaban J connectivity index is 1.90. The lowest BCUT2D eigenvalue weighted by Gasteiger charge is -2.20. The van der Waals surface area contributed by atoms with Crippen molar-refractivity contribution in [3.8, 4) is 0 Å². The van der Waals surface area contributed by atoms with E-state index in [0.29, 0.717) is 12.6 Å². The summed E-state index contributed by atoms with van der Waals surface area (Å²) in [6, 6.07) is 0.607. The van der Waals surface area contributed by atoms with E-state index in [-0.39, 0.29) is 5.91 Å². The summed E-state index contributed by atoms with van der Waals surface area (Å²) in [6.07, 6.45) is 3.89. The Morgan fingerprint density at radius 1 is 1.48 bits per heavy atom. The average molecular weight is 309 g/mol. The van der Waals surface area contributed by atoms with E-state index in [9.17, 15) is 4.79 Å². The van der Waals surface area contributed by atoms with Crippen molar-refractivity contribution in [2.75, 3.05) is 11.4 Å². The van der Waals surface area contributed by atoms with Crippen LogP contribution >= 0.6 is 11.3 Å². The fraction of sp³-hybridized carbons (Fsp3) is 0.750. The number of hydrogen-bond acceptors (Lipinski definition) is 4. The van der Waals surface area contributed by atoms with Crippen LogP contribution in [0.15, 0.2) is 5.38 Å². The molecule has 3 atom stereocenters. The number of carbonyl (C=O) groups excluding carboxylic acids is 1. The van der Waals surface area contributed by atoms with Gasteiger partial charge in [-0.3, -0.25) is 9.69 Å². The smallest absolute Gasteiger partial charge is 0.225 e. The number of nitrogens with one attached hydrogen (secondary N) is 1. The summed E-state index contributed by atoms with van der Waals surface area (Å²) in [7, 11) is 0. The minimum absolute atomic E-state index is 0.0570. The Kier molecular flexibility index (Phi) is 5.76. The molecule has 2 rings (SSSR count). The van der Waals surface area contributed by atoms with Crippen molar-refractivity contribution in [1.29, 1.82) is 0 Å². The molecule has 1 amide bonds. The third kappa shape index (κ3) is 3.83. The second-order valence-corrected chi connectivity index (χ2v) is 6.81. The fourth-order valence-corrected chi connectivity index (χ4v) is 4.27. The molecule has 0 spiro atoms. The fourth-order valence-electron chi connectivity index (χ4n) is 3.34. The first-order valence-electron chi connectivity index (χ1n) is 8.02. The van der Waals surface area contributed by atoms with E-state index >= 15 is 0 Å². The number of rotatable bonds is 6. The number of carbonyl (C=O) groups is 1. The zero-order valence-corrected chi connectivity index (χ0v) is 14.4. The number of hydrogen-bond donors (Lipinski definition) is 1. The van der Waals surface area contributed by atoms with E-state index in [1.54, 1.807) is 23.2 Å². The van der Waals surface area contributed by atoms with Crippen LogP contribution in [0.2, 0.25) is 0 Å². The van der Waals surface area contributed by atoms with Gasteiger partial charge in [-0.1, -0.05) is 20.3 Å². The standard InChI is InChI=1S/C16H27N3OS/c1-5-13-7-8-15(11(13)3)17-9-14-10-21-16(18-14)19(6-2)12(4)20/h10-11,13,15,17H,5-9H2,1-4H3. The highest BCUT2D eigenvalue weighted by Gasteiger charge is 2.31. The summed E-state index contributed by atoms with van der Waals surface area (Å²) in [4.78, 5) is 17.9. The van der Waals surface area contributed by atoms with Crippen molar-refractivity contribution in [3.05, 3.63) is 11.1 Å². The van der Waals surface area contributed by atoms with Crippen LogP contribution in [0.4, 0.5) is 5.13 Å². The first-order chi connectivity index (χ1) is 10.1. The molecular formula is C16H27N3OS. The Hall–Kier alpha value is -0.940. The molecule has 1 aliphatic rings. The van der Waals surface area contributed by atoms with E-state index in [2.05, 4.69) is 29.5 Å². The highest BCUT2D eigenvalue weighted by molar-refractivity contribution is 7.14. The van der Waals surface area contributed by atoms with Gasteiger partial charge in [0, 0.05) is 31.4 Å². The van der Waals surface area contributed by atoms with Crippen LogP contribution < -0.4 is 10.2 Å². The van der Waals surface area contributed by atoms with Crippen LogP contribution in [0.5, 0.6) is 0 Å². The SMILES string of the molecule is CCC1CCC(NCc2csc(N(CC)C(C)=O)n2)C1C. The highest BCUT2D eigenvalue weighted by atomic mass is 32.1. The molecule has 0 bridgehead atoms. The number of amides is 1. The Morgan fingerprint density at radius 2 is 2.24 bits per heavy atom. The number of aromatic nitrogens is 1. The molecule has 3 unspecified atom stereocenters.